The van der Waals surface area contributed by atoms with Crippen LogP contribution in [0.3, 0.4) is 0 Å². The molecule has 0 N–H and O–H groups in total. The quantitative estimate of drug-likeness (QED) is 0.567. The van der Waals surface area contributed by atoms with Crippen molar-refractivity contribution in [3.8, 4) is 0 Å². The number of fused-ring (bicyclic) bond motifs is 1. The predicted molar refractivity (Wildman–Crippen MR) is 40.7 cm³/mol. The van der Waals surface area contributed by atoms with Crippen LogP contribution >= 0.6 is 0 Å². The molecule has 3 atom stereocenters. The van der Waals surface area contributed by atoms with Gasteiger partial charge >= 0.3 is 0 Å². The molecule has 63 valence electrons. The molecule has 0 aromatic heterocycles. The van der Waals surface area contributed by atoms with Crippen molar-refractivity contribution in [1.29, 1.82) is 0 Å². The van der Waals surface area contributed by atoms with Crippen molar-refractivity contribution >= 4 is 0 Å². The normalized spacial score (nSPS) is 40.6. The molecule has 0 spiro atoms. The van der Waals surface area contributed by atoms with Gasteiger partial charge in [-0.3, -0.25) is 0 Å². The molecule has 0 saturated heterocycles. The molecule has 0 aromatic carbocycles. The Morgan fingerprint density at radius 2 is 2.27 bits per heavy atom. The standard InChI is InChI=1S/C9H15O2/c10-4-1-5-11-9-3-2-7-6-8(7)9/h7-9H,1-6H2. The molecule has 0 aliphatic heterocycles. The first-order valence-electron chi connectivity index (χ1n) is 4.61. The average molecular weight is 155 g/mol. The van der Waals surface area contributed by atoms with Crippen molar-refractivity contribution in [3.63, 3.8) is 0 Å². The molecule has 2 heteroatoms. The number of hydrogen-bond donors (Lipinski definition) is 0. The molecule has 2 rings (SSSR count). The molecule has 2 nitrogen and oxygen atoms in total. The van der Waals surface area contributed by atoms with Crippen LogP contribution in [0.4, 0.5) is 0 Å². The molecule has 0 aromatic rings. The lowest BCUT2D eigenvalue weighted by Gasteiger charge is -2.11. The Morgan fingerprint density at radius 3 is 2.82 bits per heavy atom. The van der Waals surface area contributed by atoms with Gasteiger partial charge in [-0.1, -0.05) is 0 Å². The molecule has 0 heterocycles. The van der Waals surface area contributed by atoms with Crippen molar-refractivity contribution in [2.24, 2.45) is 11.8 Å². The molecular weight excluding hydrogens is 140 g/mol. The lowest BCUT2D eigenvalue weighted by molar-refractivity contribution is 0.0294. The molecular formula is C9H15O2. The van der Waals surface area contributed by atoms with Gasteiger partial charge in [0.2, 0.25) is 0 Å². The lowest BCUT2D eigenvalue weighted by atomic mass is 10.2. The van der Waals surface area contributed by atoms with E-state index in [1.165, 1.54) is 19.3 Å². The highest BCUT2D eigenvalue weighted by Gasteiger charge is 2.48. The third-order valence-electron chi connectivity index (χ3n) is 2.90. The van der Waals surface area contributed by atoms with Crippen molar-refractivity contribution < 1.29 is 9.84 Å². The first kappa shape index (κ1) is 7.56. The fourth-order valence-corrected chi connectivity index (χ4v) is 2.15. The number of rotatable bonds is 4. The van der Waals surface area contributed by atoms with Crippen LogP contribution < -0.4 is 0 Å². The van der Waals surface area contributed by atoms with Crippen LogP contribution in [0.1, 0.15) is 25.7 Å². The minimum absolute atomic E-state index is 0.0147. The molecule has 2 aliphatic carbocycles. The summed E-state index contributed by atoms with van der Waals surface area (Å²) in [5.41, 5.74) is 0. The SMILES string of the molecule is [O]CCCOC1CCC2CC21. The van der Waals surface area contributed by atoms with E-state index in [0.29, 0.717) is 19.1 Å². The van der Waals surface area contributed by atoms with E-state index in [1.54, 1.807) is 0 Å². The predicted octanol–water partition coefficient (Wildman–Crippen LogP) is 1.62. The number of ether oxygens (including phenoxy) is 1. The monoisotopic (exact) mass is 155 g/mol. The van der Waals surface area contributed by atoms with Gasteiger partial charge in [0, 0.05) is 6.61 Å². The van der Waals surface area contributed by atoms with Crippen LogP contribution in [-0.2, 0) is 9.84 Å². The van der Waals surface area contributed by atoms with Gasteiger partial charge < -0.3 is 4.74 Å². The maximum Gasteiger partial charge on any atom is 0.0844 e. The Kier molecular flexibility index (Phi) is 2.14. The van der Waals surface area contributed by atoms with Gasteiger partial charge in [0.05, 0.1) is 12.7 Å². The summed E-state index contributed by atoms with van der Waals surface area (Å²) in [6, 6.07) is 0. The Balaban J connectivity index is 1.63. The summed E-state index contributed by atoms with van der Waals surface area (Å²) in [5.74, 6) is 1.87. The zero-order chi connectivity index (χ0) is 7.68. The zero-order valence-corrected chi connectivity index (χ0v) is 6.79. The van der Waals surface area contributed by atoms with E-state index in [4.69, 9.17) is 4.74 Å². The highest BCUT2D eigenvalue weighted by Crippen LogP contribution is 2.52. The van der Waals surface area contributed by atoms with Crippen LogP contribution in [-0.4, -0.2) is 19.3 Å². The molecule has 3 unspecified atom stereocenters. The second-order valence-corrected chi connectivity index (χ2v) is 3.70. The molecule has 11 heavy (non-hydrogen) atoms. The Labute approximate surface area is 67.6 Å². The van der Waals surface area contributed by atoms with Gasteiger partial charge in [0.25, 0.3) is 0 Å². The highest BCUT2D eigenvalue weighted by atomic mass is 16.5. The zero-order valence-electron chi connectivity index (χ0n) is 6.79. The third-order valence-corrected chi connectivity index (χ3v) is 2.90. The van der Waals surface area contributed by atoms with Crippen LogP contribution in [0.2, 0.25) is 0 Å². The summed E-state index contributed by atoms with van der Waals surface area (Å²) in [7, 11) is 0. The first-order valence-corrected chi connectivity index (χ1v) is 4.61. The van der Waals surface area contributed by atoms with Crippen molar-refractivity contribution in [3.05, 3.63) is 0 Å². The summed E-state index contributed by atoms with van der Waals surface area (Å²) < 4.78 is 5.60. The first-order chi connectivity index (χ1) is 5.42. The van der Waals surface area contributed by atoms with E-state index in [-0.39, 0.29) is 6.61 Å². The smallest absolute Gasteiger partial charge is 0.0844 e. The summed E-state index contributed by atoms with van der Waals surface area (Å²) in [4.78, 5) is 0. The summed E-state index contributed by atoms with van der Waals surface area (Å²) in [6.45, 7) is 0.707. The van der Waals surface area contributed by atoms with E-state index in [0.717, 1.165) is 11.8 Å². The average Bonchev–Trinajstić information content (AvgIpc) is 2.70. The largest absolute Gasteiger partial charge is 0.378 e. The van der Waals surface area contributed by atoms with Gasteiger partial charge in [-0.05, 0) is 37.5 Å². The third kappa shape index (κ3) is 1.57. The van der Waals surface area contributed by atoms with Gasteiger partial charge in [0.15, 0.2) is 0 Å². The molecule has 2 saturated carbocycles. The van der Waals surface area contributed by atoms with Crippen molar-refractivity contribution in [2.75, 3.05) is 13.2 Å². The minimum Gasteiger partial charge on any atom is -0.378 e. The lowest BCUT2D eigenvalue weighted by Crippen LogP contribution is -2.13. The van der Waals surface area contributed by atoms with Gasteiger partial charge in [-0.15, -0.1) is 0 Å². The van der Waals surface area contributed by atoms with E-state index in [1.807, 2.05) is 0 Å². The van der Waals surface area contributed by atoms with Gasteiger partial charge in [-0.2, -0.15) is 0 Å². The molecule has 2 aliphatic rings. The summed E-state index contributed by atoms with van der Waals surface area (Å²) in [5, 5.41) is 10.1. The molecule has 0 bridgehead atoms. The summed E-state index contributed by atoms with van der Waals surface area (Å²) >= 11 is 0. The van der Waals surface area contributed by atoms with Crippen LogP contribution in [0.15, 0.2) is 0 Å². The summed E-state index contributed by atoms with van der Waals surface area (Å²) in [6.07, 6.45) is 5.21. The maximum absolute atomic E-state index is 10.1. The fraction of sp³-hybridized carbons (Fsp3) is 1.00. The maximum atomic E-state index is 10.1. The van der Waals surface area contributed by atoms with E-state index in [9.17, 15) is 5.11 Å². The molecule has 2 fully saturated rings. The fourth-order valence-electron chi connectivity index (χ4n) is 2.15. The van der Waals surface area contributed by atoms with E-state index >= 15 is 0 Å². The Hall–Kier alpha value is -0.0800. The van der Waals surface area contributed by atoms with E-state index < -0.39 is 0 Å². The minimum atomic E-state index is 0.0147. The van der Waals surface area contributed by atoms with Crippen LogP contribution in [0.25, 0.3) is 0 Å². The topological polar surface area (TPSA) is 29.1 Å². The second-order valence-electron chi connectivity index (χ2n) is 3.70. The number of hydrogen-bond acceptors (Lipinski definition) is 1. The highest BCUT2D eigenvalue weighted by molar-refractivity contribution is 4.98. The van der Waals surface area contributed by atoms with Crippen molar-refractivity contribution in [2.45, 2.75) is 31.8 Å². The molecule has 0 amide bonds. The Bertz CT molecular complexity index is 136. The van der Waals surface area contributed by atoms with E-state index in [2.05, 4.69) is 0 Å². The molecule has 1 radical (unpaired) electrons. The van der Waals surface area contributed by atoms with Crippen LogP contribution in [0, 0.1) is 11.8 Å². The second kappa shape index (κ2) is 3.11. The van der Waals surface area contributed by atoms with Crippen LogP contribution in [0.5, 0.6) is 0 Å². The van der Waals surface area contributed by atoms with Gasteiger partial charge in [0.1, 0.15) is 0 Å². The Morgan fingerprint density at radius 1 is 1.36 bits per heavy atom. The van der Waals surface area contributed by atoms with Crippen molar-refractivity contribution in [1.82, 2.24) is 0 Å². The van der Waals surface area contributed by atoms with Gasteiger partial charge in [-0.25, -0.2) is 5.11 Å².